The summed E-state index contributed by atoms with van der Waals surface area (Å²) in [6, 6.07) is 11.3. The number of Topliss-reactive ketones (excluding diaryl/α,β-unsaturated/α-hetero) is 1. The Balaban J connectivity index is 0.000000828. The van der Waals surface area contributed by atoms with E-state index in [1.807, 2.05) is 0 Å². The number of halogens is 2. The molecule has 2 aliphatic heterocycles. The Morgan fingerprint density at radius 3 is 2.21 bits per heavy atom. The van der Waals surface area contributed by atoms with E-state index in [1.165, 1.54) is 36.1 Å². The van der Waals surface area contributed by atoms with Crippen molar-refractivity contribution in [3.05, 3.63) is 95.6 Å². The van der Waals surface area contributed by atoms with Gasteiger partial charge in [0.15, 0.2) is 0 Å². The Labute approximate surface area is 381 Å². The van der Waals surface area contributed by atoms with Gasteiger partial charge in [-0.1, -0.05) is 95.6 Å². The van der Waals surface area contributed by atoms with Crippen molar-refractivity contribution in [2.45, 2.75) is 110 Å². The van der Waals surface area contributed by atoms with Crippen LogP contribution in [0, 0.1) is 11.8 Å². The molecule has 0 unspecified atom stereocenters. The number of ketones is 1. The monoisotopic (exact) mass is 920 g/mol. The highest BCUT2D eigenvalue weighted by molar-refractivity contribution is 6.11. The molecule has 1 aromatic heterocycles. The predicted molar refractivity (Wildman–Crippen MR) is 234 cm³/mol. The summed E-state index contributed by atoms with van der Waals surface area (Å²) in [6.07, 6.45) is 3.55. The maximum absolute atomic E-state index is 15.2. The summed E-state index contributed by atoms with van der Waals surface area (Å²) in [5.74, 6) is -14.1. The quantitative estimate of drug-likeness (QED) is 0.0621. The van der Waals surface area contributed by atoms with Crippen LogP contribution in [0.4, 0.5) is 8.78 Å². The number of alkyl halides is 2. The second-order valence-corrected chi connectivity index (χ2v) is 16.4. The average molecular weight is 921 g/mol. The van der Waals surface area contributed by atoms with E-state index in [2.05, 4.69) is 55.5 Å². The molecule has 20 heteroatoms. The first kappa shape index (κ1) is 51.9. The lowest BCUT2D eigenvalue weighted by Crippen LogP contribution is -2.60. The van der Waals surface area contributed by atoms with Gasteiger partial charge in [0.1, 0.15) is 43.1 Å². The Kier molecular flexibility index (Phi) is 19.8. The van der Waals surface area contributed by atoms with Gasteiger partial charge in [0.25, 0.3) is 18.3 Å². The van der Waals surface area contributed by atoms with Gasteiger partial charge in [-0.3, -0.25) is 43.3 Å². The molecule has 2 aromatic carbocycles. The van der Waals surface area contributed by atoms with E-state index in [9.17, 15) is 38.4 Å². The Hall–Kier alpha value is -6.70. The summed E-state index contributed by atoms with van der Waals surface area (Å²) >= 11 is 0. The first-order chi connectivity index (χ1) is 31.5. The van der Waals surface area contributed by atoms with Crippen LogP contribution in [0.5, 0.6) is 0 Å². The van der Waals surface area contributed by atoms with E-state index in [1.54, 1.807) is 70.3 Å². The summed E-state index contributed by atoms with van der Waals surface area (Å²) in [5, 5.41) is 12.5. The molecule has 3 heterocycles. The molecule has 66 heavy (non-hydrogen) atoms. The first-order valence-electron chi connectivity index (χ1n) is 21.7. The van der Waals surface area contributed by atoms with Gasteiger partial charge in [-0.2, -0.15) is 8.78 Å². The number of carbonyl (C=O) groups is 8. The second kappa shape index (κ2) is 25.1. The number of rotatable bonds is 20. The Bertz CT molecular complexity index is 2120. The van der Waals surface area contributed by atoms with Crippen LogP contribution in [-0.2, 0) is 62.6 Å². The molecule has 0 bridgehead atoms. The molecular weight excluding hydrogens is 863 g/mol. The van der Waals surface area contributed by atoms with E-state index in [-0.39, 0.29) is 44.6 Å². The van der Waals surface area contributed by atoms with Crippen LogP contribution in [0.3, 0.4) is 0 Å². The highest BCUT2D eigenvalue weighted by Crippen LogP contribution is 2.25. The summed E-state index contributed by atoms with van der Waals surface area (Å²) < 4.78 is 40.5. The van der Waals surface area contributed by atoms with Crippen molar-refractivity contribution in [3.63, 3.8) is 0 Å². The van der Waals surface area contributed by atoms with Crippen LogP contribution in [0.1, 0.15) is 81.1 Å². The number of likely N-dealkylation sites (tertiary alicyclic amines) is 1. The molecule has 356 valence electrons. The molecule has 1 fully saturated rings. The molecule has 5 N–H and O–H groups in total. The van der Waals surface area contributed by atoms with Crippen LogP contribution in [0.2, 0.25) is 0 Å². The maximum atomic E-state index is 15.2. The normalized spacial score (nSPS) is 16.8. The number of hydrogen-bond donors (Lipinski definition) is 5. The number of carbonyl (C=O) groups excluding carboxylic acids is 8. The first-order valence-corrected chi connectivity index (χ1v) is 21.7. The lowest BCUT2D eigenvalue weighted by atomic mass is 9.98. The molecule has 3 aromatic rings. The summed E-state index contributed by atoms with van der Waals surface area (Å²) in [7, 11) is 0. The van der Waals surface area contributed by atoms with E-state index < -0.39 is 95.9 Å². The van der Waals surface area contributed by atoms with E-state index in [4.69, 9.17) is 9.47 Å². The Morgan fingerprint density at radius 2 is 1.59 bits per heavy atom. The largest absolute Gasteiger partial charge is 0.463 e. The molecule has 18 nitrogen and oxygen atoms in total. The minimum absolute atomic E-state index is 0.0490. The van der Waals surface area contributed by atoms with Crippen LogP contribution >= 0.6 is 0 Å². The topological polar surface area (TPSA) is 244 Å². The molecule has 1 saturated heterocycles. The molecule has 5 amide bonds. The van der Waals surface area contributed by atoms with Crippen LogP contribution < -0.4 is 26.6 Å². The number of hydrogen-bond acceptors (Lipinski definition) is 13. The summed E-state index contributed by atoms with van der Waals surface area (Å²) in [4.78, 5) is 112. The van der Waals surface area contributed by atoms with Crippen molar-refractivity contribution in [1.29, 1.82) is 0 Å². The van der Waals surface area contributed by atoms with Crippen LogP contribution in [0.15, 0.2) is 73.2 Å². The van der Waals surface area contributed by atoms with Crippen molar-refractivity contribution in [2.75, 3.05) is 19.6 Å². The second-order valence-electron chi connectivity index (χ2n) is 16.4. The minimum atomic E-state index is -4.69. The third kappa shape index (κ3) is 14.7. The number of fused-ring (bicyclic) bond motifs is 1. The smallest absolute Gasteiger partial charge is 0.383 e. The van der Waals surface area contributed by atoms with Crippen molar-refractivity contribution >= 4 is 47.8 Å². The Morgan fingerprint density at radius 1 is 0.909 bits per heavy atom. The number of esters is 1. The fraction of sp³-hybridized carbons (Fsp3) is 0.478. The highest BCUT2D eigenvalue weighted by atomic mass is 19.3. The van der Waals surface area contributed by atoms with Gasteiger partial charge in [0.2, 0.25) is 23.5 Å². The van der Waals surface area contributed by atoms with Gasteiger partial charge in [-0.25, -0.2) is 4.98 Å². The SMILES string of the molecule is CCC[C@H](NC(=O)[C@@H]1C[C@@H](OC=O)CN1C(=O)[C@@H](NC(=O)[C@@H](NC(=O)c1cnccn1)C(C)C)C(C)C)C(=O)C(F)(F)C(=O)NCC(=O)OCc1ccccc1.c1ccc2c(c1)CCNC2. The number of nitrogens with one attached hydrogen (secondary N) is 5. The zero-order chi connectivity index (χ0) is 48.4. The number of benzene rings is 2. The van der Waals surface area contributed by atoms with Crippen molar-refractivity contribution < 1.29 is 56.6 Å². The number of nitrogens with zero attached hydrogens (tertiary/aromatic N) is 3. The van der Waals surface area contributed by atoms with E-state index in [0.717, 1.165) is 18.0 Å². The van der Waals surface area contributed by atoms with Gasteiger partial charge in [0.05, 0.1) is 18.8 Å². The fourth-order valence-corrected chi connectivity index (χ4v) is 7.20. The van der Waals surface area contributed by atoms with Gasteiger partial charge in [0, 0.05) is 25.4 Å². The third-order valence-electron chi connectivity index (χ3n) is 10.8. The highest BCUT2D eigenvalue weighted by Gasteiger charge is 2.51. The summed E-state index contributed by atoms with van der Waals surface area (Å²) in [6.45, 7) is 8.94. The van der Waals surface area contributed by atoms with E-state index >= 15 is 8.78 Å². The van der Waals surface area contributed by atoms with E-state index in [0.29, 0.717) is 5.56 Å². The third-order valence-corrected chi connectivity index (χ3v) is 10.8. The molecular formula is C46H58F2N8O10. The van der Waals surface area contributed by atoms with Gasteiger partial charge in [-0.15, -0.1) is 0 Å². The zero-order valence-electron chi connectivity index (χ0n) is 37.6. The lowest BCUT2D eigenvalue weighted by molar-refractivity contribution is -0.162. The van der Waals surface area contributed by atoms with Gasteiger partial charge < -0.3 is 41.0 Å². The van der Waals surface area contributed by atoms with Gasteiger partial charge in [-0.05, 0) is 47.9 Å². The van der Waals surface area contributed by atoms with Crippen LogP contribution in [-0.4, -0.2) is 118 Å². The molecule has 0 saturated carbocycles. The molecule has 5 rings (SSSR count). The van der Waals surface area contributed by atoms with Crippen molar-refractivity contribution in [3.8, 4) is 0 Å². The molecule has 0 radical (unpaired) electrons. The average Bonchev–Trinajstić information content (AvgIpc) is 3.75. The number of aromatic nitrogens is 2. The fourth-order valence-electron chi connectivity index (χ4n) is 7.20. The predicted octanol–water partition coefficient (Wildman–Crippen LogP) is 2.20. The molecule has 0 aliphatic carbocycles. The summed E-state index contributed by atoms with van der Waals surface area (Å²) in [5.41, 5.74) is 3.55. The standard InChI is InChI=1S/C37H47F2N7O10.C9H11N/c1-6-10-25(31(49)37(38,39)36(54)42-17-28(48)55-19-23-11-8-7-9-12-23)43-33(51)27-15-24(56-20-47)18-46(27)35(53)30(22(4)5)45-34(52)29(21(2)3)44-32(50)26-16-40-13-14-41-26;1-2-4-9-7-10-6-5-8(9)3-1/h7-9,11-14,16,20-22,24-25,27,29-30H,6,10,15,17-19H2,1-5H3,(H,42,54)(H,43,51)(H,44,50)(H,45,52);1-4,10H,5-7H2/t24-,25+,27+,29+,30+;/m1./s1. The maximum Gasteiger partial charge on any atom is 0.383 e. The number of amides is 5. The van der Waals surface area contributed by atoms with Gasteiger partial charge >= 0.3 is 11.9 Å². The lowest BCUT2D eigenvalue weighted by Gasteiger charge is -2.32. The van der Waals surface area contributed by atoms with Crippen molar-refractivity contribution in [2.24, 2.45) is 11.8 Å². The van der Waals surface area contributed by atoms with Crippen LogP contribution in [0.25, 0.3) is 0 Å². The zero-order valence-corrected chi connectivity index (χ0v) is 37.6. The minimum Gasteiger partial charge on any atom is -0.463 e. The number of ether oxygens (including phenoxy) is 2. The van der Waals surface area contributed by atoms with Crippen molar-refractivity contribution in [1.82, 2.24) is 41.5 Å². The molecule has 0 spiro atoms. The molecule has 2 aliphatic rings. The molecule has 5 atom stereocenters.